The minimum Gasteiger partial charge on any atom is -0.494 e. The first kappa shape index (κ1) is 25.0. The van der Waals surface area contributed by atoms with E-state index in [4.69, 9.17) is 9.29 Å². The van der Waals surface area contributed by atoms with Gasteiger partial charge in [0.25, 0.3) is 10.1 Å². The molecule has 0 spiro atoms. The largest absolute Gasteiger partial charge is 0.494 e. The van der Waals surface area contributed by atoms with Gasteiger partial charge in [0.1, 0.15) is 5.75 Å². The second-order valence-electron chi connectivity index (χ2n) is 7.85. The zero-order valence-electron chi connectivity index (χ0n) is 17.9. The quantitative estimate of drug-likeness (QED) is 0.219. The molecule has 0 aliphatic heterocycles. The van der Waals surface area contributed by atoms with Crippen LogP contribution in [0.5, 0.6) is 5.75 Å². The summed E-state index contributed by atoms with van der Waals surface area (Å²) in [5.41, 5.74) is 0.501. The van der Waals surface area contributed by atoms with Crippen molar-refractivity contribution in [2.45, 2.75) is 109 Å². The molecule has 28 heavy (non-hydrogen) atoms. The maximum absolute atomic E-state index is 11.2. The standard InChI is InChI=1S/C23H40O4S/c1-3-4-5-6-7-8-9-10-11-12-13-14-15-16-19-27-22-17-18-23(21(2)20-22)28(24,25)26/h17-18,20H,3-16,19H2,1-2H3,(H,24,25,26). The van der Waals surface area contributed by atoms with Crippen LogP contribution in [0.2, 0.25) is 0 Å². The van der Waals surface area contributed by atoms with Gasteiger partial charge in [-0.15, -0.1) is 0 Å². The topological polar surface area (TPSA) is 63.6 Å². The summed E-state index contributed by atoms with van der Waals surface area (Å²) in [5.74, 6) is 0.652. The molecule has 1 aromatic rings. The molecule has 0 fully saturated rings. The molecule has 0 amide bonds. The number of rotatable bonds is 17. The second-order valence-corrected chi connectivity index (χ2v) is 9.24. The highest BCUT2D eigenvalue weighted by atomic mass is 32.2. The molecule has 1 N–H and O–H groups in total. The number of ether oxygens (including phenoxy) is 1. The van der Waals surface area contributed by atoms with Gasteiger partial charge in [-0.25, -0.2) is 0 Å². The van der Waals surface area contributed by atoms with Crippen LogP contribution in [0.25, 0.3) is 0 Å². The van der Waals surface area contributed by atoms with Crippen molar-refractivity contribution in [2.75, 3.05) is 6.61 Å². The first-order valence-corrected chi connectivity index (χ1v) is 12.6. The lowest BCUT2D eigenvalue weighted by Gasteiger charge is -2.09. The molecule has 0 aliphatic rings. The van der Waals surface area contributed by atoms with Crippen molar-refractivity contribution in [3.8, 4) is 5.75 Å². The van der Waals surface area contributed by atoms with Gasteiger partial charge in [0.2, 0.25) is 0 Å². The molecule has 1 aromatic carbocycles. The van der Waals surface area contributed by atoms with Gasteiger partial charge >= 0.3 is 0 Å². The van der Waals surface area contributed by atoms with Crippen LogP contribution in [-0.2, 0) is 10.1 Å². The summed E-state index contributed by atoms with van der Waals surface area (Å²) in [6.45, 7) is 4.56. The van der Waals surface area contributed by atoms with Crippen molar-refractivity contribution in [1.82, 2.24) is 0 Å². The Labute approximate surface area is 172 Å². The summed E-state index contributed by atoms with van der Waals surface area (Å²) < 4.78 is 37.2. The normalized spacial score (nSPS) is 11.7. The molecule has 4 nitrogen and oxygen atoms in total. The first-order valence-electron chi connectivity index (χ1n) is 11.2. The van der Waals surface area contributed by atoms with Crippen molar-refractivity contribution in [2.24, 2.45) is 0 Å². The van der Waals surface area contributed by atoms with Crippen molar-refractivity contribution in [3.63, 3.8) is 0 Å². The molecule has 0 atom stereocenters. The summed E-state index contributed by atoms with van der Waals surface area (Å²) in [6.07, 6.45) is 18.6. The lowest BCUT2D eigenvalue weighted by Crippen LogP contribution is -2.02. The fourth-order valence-corrected chi connectivity index (χ4v) is 4.19. The van der Waals surface area contributed by atoms with Crippen LogP contribution in [0.15, 0.2) is 23.1 Å². The van der Waals surface area contributed by atoms with E-state index in [0.29, 0.717) is 17.9 Å². The first-order chi connectivity index (χ1) is 13.4. The molecule has 0 aromatic heterocycles. The maximum atomic E-state index is 11.2. The zero-order valence-corrected chi connectivity index (χ0v) is 18.7. The van der Waals surface area contributed by atoms with E-state index in [1.807, 2.05) is 0 Å². The van der Waals surface area contributed by atoms with E-state index in [9.17, 15) is 8.42 Å². The summed E-state index contributed by atoms with van der Waals surface area (Å²) in [4.78, 5) is -0.0589. The Morgan fingerprint density at radius 3 is 1.68 bits per heavy atom. The molecule has 0 saturated carbocycles. The van der Waals surface area contributed by atoms with Gasteiger partial charge in [0, 0.05) is 0 Å². The average molecular weight is 413 g/mol. The highest BCUT2D eigenvalue weighted by Gasteiger charge is 2.13. The van der Waals surface area contributed by atoms with Crippen molar-refractivity contribution in [1.29, 1.82) is 0 Å². The van der Waals surface area contributed by atoms with Crippen LogP contribution in [0.1, 0.15) is 102 Å². The van der Waals surface area contributed by atoms with Crippen molar-refractivity contribution >= 4 is 10.1 Å². The Kier molecular flexibility index (Phi) is 13.3. The Balaban J connectivity index is 1.95. The highest BCUT2D eigenvalue weighted by molar-refractivity contribution is 7.85. The van der Waals surface area contributed by atoms with E-state index in [-0.39, 0.29) is 4.90 Å². The van der Waals surface area contributed by atoms with Crippen LogP contribution >= 0.6 is 0 Å². The van der Waals surface area contributed by atoms with Gasteiger partial charge in [-0.3, -0.25) is 4.55 Å². The van der Waals surface area contributed by atoms with E-state index in [0.717, 1.165) is 6.42 Å². The third-order valence-corrected chi connectivity index (χ3v) is 6.20. The Morgan fingerprint density at radius 2 is 1.25 bits per heavy atom. The molecule has 0 saturated heterocycles. The van der Waals surface area contributed by atoms with Crippen LogP contribution in [0, 0.1) is 6.92 Å². The monoisotopic (exact) mass is 412 g/mol. The molecule has 0 unspecified atom stereocenters. The lowest BCUT2D eigenvalue weighted by atomic mass is 10.0. The Hall–Kier alpha value is -1.07. The van der Waals surface area contributed by atoms with Crippen LogP contribution < -0.4 is 4.74 Å². The molecule has 162 valence electrons. The maximum Gasteiger partial charge on any atom is 0.294 e. The smallest absolute Gasteiger partial charge is 0.294 e. The Bertz CT molecular complexity index is 625. The number of unbranched alkanes of at least 4 members (excludes halogenated alkanes) is 13. The predicted octanol–water partition coefficient (Wildman–Crippen LogP) is 7.10. The molecular formula is C23H40O4S. The lowest BCUT2D eigenvalue weighted by molar-refractivity contribution is 0.304. The summed E-state index contributed by atoms with van der Waals surface area (Å²) >= 11 is 0. The van der Waals surface area contributed by atoms with Crippen LogP contribution in [-0.4, -0.2) is 19.6 Å². The summed E-state index contributed by atoms with van der Waals surface area (Å²) in [6, 6.07) is 4.65. The summed E-state index contributed by atoms with van der Waals surface area (Å²) in [7, 11) is -4.16. The van der Waals surface area contributed by atoms with Crippen molar-refractivity contribution in [3.05, 3.63) is 23.8 Å². The fraction of sp³-hybridized carbons (Fsp3) is 0.739. The number of hydrogen-bond acceptors (Lipinski definition) is 3. The third-order valence-electron chi connectivity index (χ3n) is 5.19. The average Bonchev–Trinajstić information content (AvgIpc) is 2.64. The van der Waals surface area contributed by atoms with E-state index in [2.05, 4.69) is 6.92 Å². The van der Waals surface area contributed by atoms with Gasteiger partial charge in [-0.05, 0) is 37.1 Å². The van der Waals surface area contributed by atoms with Crippen LogP contribution in [0.3, 0.4) is 0 Å². The minimum atomic E-state index is -4.16. The Morgan fingerprint density at radius 1 is 0.786 bits per heavy atom. The van der Waals surface area contributed by atoms with Gasteiger partial charge in [0.15, 0.2) is 0 Å². The number of benzene rings is 1. The van der Waals surface area contributed by atoms with Gasteiger partial charge in [-0.1, -0.05) is 90.4 Å². The third kappa shape index (κ3) is 11.7. The van der Waals surface area contributed by atoms with Crippen LogP contribution in [0.4, 0.5) is 0 Å². The van der Waals surface area contributed by atoms with Gasteiger partial charge in [0.05, 0.1) is 11.5 Å². The van der Waals surface area contributed by atoms with E-state index >= 15 is 0 Å². The molecule has 0 bridgehead atoms. The molecule has 1 rings (SSSR count). The fourth-order valence-electron chi connectivity index (χ4n) is 3.49. The van der Waals surface area contributed by atoms with E-state index in [1.165, 1.54) is 89.5 Å². The molecular weight excluding hydrogens is 372 g/mol. The summed E-state index contributed by atoms with van der Waals surface area (Å²) in [5, 5.41) is 0. The molecule has 0 radical (unpaired) electrons. The van der Waals surface area contributed by atoms with E-state index < -0.39 is 10.1 Å². The SMILES string of the molecule is CCCCCCCCCCCCCCCCOc1ccc(S(=O)(=O)O)c(C)c1. The van der Waals surface area contributed by atoms with Crippen molar-refractivity contribution < 1.29 is 17.7 Å². The predicted molar refractivity (Wildman–Crippen MR) is 117 cm³/mol. The second kappa shape index (κ2) is 14.9. The number of hydrogen-bond donors (Lipinski definition) is 1. The molecule has 5 heteroatoms. The van der Waals surface area contributed by atoms with Gasteiger partial charge in [-0.2, -0.15) is 8.42 Å². The minimum absolute atomic E-state index is 0.0589. The van der Waals surface area contributed by atoms with Gasteiger partial charge < -0.3 is 4.74 Å². The highest BCUT2D eigenvalue weighted by Crippen LogP contribution is 2.21. The molecule has 0 aliphatic carbocycles. The zero-order chi connectivity index (χ0) is 20.7. The van der Waals surface area contributed by atoms with E-state index in [1.54, 1.807) is 19.1 Å². The number of aryl methyl sites for hydroxylation is 1. The molecule has 0 heterocycles.